The fourth-order valence-corrected chi connectivity index (χ4v) is 1.77. The van der Waals surface area contributed by atoms with Crippen LogP contribution in [0.1, 0.15) is 18.5 Å². The van der Waals surface area contributed by atoms with Gasteiger partial charge in [0.1, 0.15) is 6.04 Å². The first-order valence-electron chi connectivity index (χ1n) is 5.63. The average Bonchev–Trinajstić information content (AvgIpc) is 2.39. The van der Waals surface area contributed by atoms with E-state index in [9.17, 15) is 15.4 Å². The highest BCUT2D eigenvalue weighted by Gasteiger charge is 2.20. The summed E-state index contributed by atoms with van der Waals surface area (Å²) in [6, 6.07) is 7.56. The van der Waals surface area contributed by atoms with Crippen molar-refractivity contribution in [1.82, 2.24) is 4.90 Å². The molecule has 0 heterocycles. The van der Waals surface area contributed by atoms with Gasteiger partial charge in [0.15, 0.2) is 0 Å². The highest BCUT2D eigenvalue weighted by Crippen LogP contribution is 2.23. The van der Waals surface area contributed by atoms with E-state index < -0.39 is 11.0 Å². The summed E-state index contributed by atoms with van der Waals surface area (Å²) in [5.41, 5.74) is 0.537. The third-order valence-electron chi connectivity index (χ3n) is 2.68. The zero-order chi connectivity index (χ0) is 13.5. The number of nitrogens with zero attached hydrogens (tertiary/aromatic N) is 3. The van der Waals surface area contributed by atoms with Crippen LogP contribution in [-0.4, -0.2) is 34.6 Å². The molecule has 0 saturated heterocycles. The van der Waals surface area contributed by atoms with Crippen molar-refractivity contribution in [1.29, 1.82) is 5.26 Å². The number of hydrogen-bond acceptors (Lipinski definition) is 5. The maximum absolute atomic E-state index is 10.7. The van der Waals surface area contributed by atoms with Crippen LogP contribution in [0.25, 0.3) is 0 Å². The molecule has 1 aromatic rings. The lowest BCUT2D eigenvalue weighted by Crippen LogP contribution is -2.30. The van der Waals surface area contributed by atoms with Gasteiger partial charge in [0.2, 0.25) is 0 Å². The summed E-state index contributed by atoms with van der Waals surface area (Å²) in [4.78, 5) is 12.0. The smallest absolute Gasteiger partial charge is 0.269 e. The van der Waals surface area contributed by atoms with Gasteiger partial charge in [-0.05, 0) is 12.1 Å². The molecule has 1 aromatic carbocycles. The van der Waals surface area contributed by atoms with Gasteiger partial charge >= 0.3 is 0 Å². The monoisotopic (exact) mass is 249 g/mol. The van der Waals surface area contributed by atoms with Crippen LogP contribution >= 0.6 is 0 Å². The van der Waals surface area contributed by atoms with E-state index in [-0.39, 0.29) is 12.3 Å². The second-order valence-corrected chi connectivity index (χ2v) is 3.74. The molecule has 0 aliphatic rings. The Labute approximate surface area is 105 Å². The Balaban J connectivity index is 3.05. The second kappa shape index (κ2) is 6.69. The number of benzene rings is 1. The molecule has 0 radical (unpaired) electrons. The average molecular weight is 249 g/mol. The van der Waals surface area contributed by atoms with Gasteiger partial charge in [0, 0.05) is 18.7 Å². The van der Waals surface area contributed by atoms with Gasteiger partial charge in [-0.25, -0.2) is 0 Å². The SMILES string of the molecule is CCN(CCO)C(C#N)c1cccc([N+](=O)[O-])c1. The van der Waals surface area contributed by atoms with Gasteiger partial charge in [-0.1, -0.05) is 19.1 Å². The molecule has 0 aliphatic carbocycles. The standard InChI is InChI=1S/C12H15N3O3/c1-2-14(6-7-16)12(9-13)10-4-3-5-11(8-10)15(17)18/h3-5,8,12,16H,2,6-7H2,1H3. The van der Waals surface area contributed by atoms with Crippen molar-refractivity contribution in [2.24, 2.45) is 0 Å². The second-order valence-electron chi connectivity index (χ2n) is 3.74. The minimum atomic E-state index is -0.581. The molecule has 18 heavy (non-hydrogen) atoms. The highest BCUT2D eigenvalue weighted by atomic mass is 16.6. The molecule has 0 aromatic heterocycles. The normalized spacial score (nSPS) is 12.1. The summed E-state index contributed by atoms with van der Waals surface area (Å²) in [6.07, 6.45) is 0. The van der Waals surface area contributed by atoms with E-state index in [4.69, 9.17) is 5.11 Å². The molecule has 0 bridgehead atoms. The quantitative estimate of drug-likeness (QED) is 0.609. The van der Waals surface area contributed by atoms with Crippen molar-refractivity contribution in [3.63, 3.8) is 0 Å². The van der Waals surface area contributed by atoms with E-state index >= 15 is 0 Å². The maximum atomic E-state index is 10.7. The van der Waals surface area contributed by atoms with Crippen molar-refractivity contribution in [3.05, 3.63) is 39.9 Å². The van der Waals surface area contributed by atoms with Crippen molar-refractivity contribution >= 4 is 5.69 Å². The lowest BCUT2D eigenvalue weighted by atomic mass is 10.1. The molecule has 0 saturated carbocycles. The number of aliphatic hydroxyl groups is 1. The predicted molar refractivity (Wildman–Crippen MR) is 65.8 cm³/mol. The zero-order valence-corrected chi connectivity index (χ0v) is 10.1. The molecule has 0 fully saturated rings. The van der Waals surface area contributed by atoms with E-state index in [1.807, 2.05) is 6.92 Å². The maximum Gasteiger partial charge on any atom is 0.269 e. The molecule has 1 unspecified atom stereocenters. The number of nitro benzene ring substituents is 1. The molecular formula is C12H15N3O3. The Hall–Kier alpha value is -1.97. The number of aliphatic hydroxyl groups excluding tert-OH is 1. The lowest BCUT2D eigenvalue weighted by Gasteiger charge is -2.24. The fourth-order valence-electron chi connectivity index (χ4n) is 1.77. The number of nitriles is 1. The minimum absolute atomic E-state index is 0.0344. The molecule has 1 rings (SSSR count). The Morgan fingerprint density at radius 3 is 2.83 bits per heavy atom. The van der Waals surface area contributed by atoms with Crippen LogP contribution in [0.15, 0.2) is 24.3 Å². The molecule has 0 aliphatic heterocycles. The van der Waals surface area contributed by atoms with E-state index in [0.717, 1.165) is 0 Å². The first kappa shape index (κ1) is 14.1. The van der Waals surface area contributed by atoms with Gasteiger partial charge in [0.25, 0.3) is 5.69 Å². The fraction of sp³-hybridized carbons (Fsp3) is 0.417. The van der Waals surface area contributed by atoms with E-state index in [1.54, 1.807) is 17.0 Å². The van der Waals surface area contributed by atoms with Gasteiger partial charge in [-0.2, -0.15) is 5.26 Å². The van der Waals surface area contributed by atoms with Gasteiger partial charge < -0.3 is 5.11 Å². The molecule has 1 N–H and O–H groups in total. The number of rotatable bonds is 6. The summed E-state index contributed by atoms with van der Waals surface area (Å²) in [6.45, 7) is 2.76. The first-order chi connectivity index (χ1) is 8.63. The summed E-state index contributed by atoms with van der Waals surface area (Å²) in [5.74, 6) is 0. The summed E-state index contributed by atoms with van der Waals surface area (Å²) < 4.78 is 0. The number of non-ortho nitro benzene ring substituents is 1. The summed E-state index contributed by atoms with van der Waals surface area (Å²) in [5, 5.41) is 28.8. The van der Waals surface area contributed by atoms with Crippen LogP contribution in [0.2, 0.25) is 0 Å². The number of hydrogen-bond donors (Lipinski definition) is 1. The molecule has 6 heteroatoms. The first-order valence-corrected chi connectivity index (χ1v) is 5.63. The topological polar surface area (TPSA) is 90.4 Å². The van der Waals surface area contributed by atoms with Crippen molar-refractivity contribution in [2.45, 2.75) is 13.0 Å². The van der Waals surface area contributed by atoms with Gasteiger partial charge in [0.05, 0.1) is 17.6 Å². The van der Waals surface area contributed by atoms with Crippen LogP contribution in [0.4, 0.5) is 5.69 Å². The third kappa shape index (κ3) is 3.26. The minimum Gasteiger partial charge on any atom is -0.395 e. The van der Waals surface area contributed by atoms with Crippen LogP contribution in [0.3, 0.4) is 0 Å². The van der Waals surface area contributed by atoms with Crippen LogP contribution in [0.5, 0.6) is 0 Å². The molecular weight excluding hydrogens is 234 g/mol. The van der Waals surface area contributed by atoms with Crippen LogP contribution in [0, 0.1) is 21.4 Å². The van der Waals surface area contributed by atoms with E-state index in [2.05, 4.69) is 6.07 Å². The largest absolute Gasteiger partial charge is 0.395 e. The molecule has 6 nitrogen and oxygen atoms in total. The Morgan fingerprint density at radius 2 is 2.33 bits per heavy atom. The van der Waals surface area contributed by atoms with Crippen molar-refractivity contribution < 1.29 is 10.0 Å². The van der Waals surface area contributed by atoms with Gasteiger partial charge in [-0.3, -0.25) is 15.0 Å². The van der Waals surface area contributed by atoms with E-state index in [1.165, 1.54) is 12.1 Å². The Morgan fingerprint density at radius 1 is 1.61 bits per heavy atom. The zero-order valence-electron chi connectivity index (χ0n) is 10.1. The molecule has 96 valence electrons. The Bertz CT molecular complexity index is 456. The number of likely N-dealkylation sites (N-methyl/N-ethyl adjacent to an activating group) is 1. The van der Waals surface area contributed by atoms with Crippen molar-refractivity contribution in [3.8, 4) is 6.07 Å². The summed E-state index contributed by atoms with van der Waals surface area (Å²) in [7, 11) is 0. The van der Waals surface area contributed by atoms with Gasteiger partial charge in [-0.15, -0.1) is 0 Å². The van der Waals surface area contributed by atoms with Crippen LogP contribution < -0.4 is 0 Å². The lowest BCUT2D eigenvalue weighted by molar-refractivity contribution is -0.384. The third-order valence-corrected chi connectivity index (χ3v) is 2.68. The summed E-state index contributed by atoms with van der Waals surface area (Å²) >= 11 is 0. The molecule has 0 amide bonds. The molecule has 0 spiro atoms. The van der Waals surface area contributed by atoms with Crippen LogP contribution in [-0.2, 0) is 0 Å². The highest BCUT2D eigenvalue weighted by molar-refractivity contribution is 5.37. The Kier molecular flexibility index (Phi) is 5.24. The predicted octanol–water partition coefficient (Wildman–Crippen LogP) is 1.47. The van der Waals surface area contributed by atoms with E-state index in [0.29, 0.717) is 18.7 Å². The number of nitro groups is 1. The van der Waals surface area contributed by atoms with Crippen molar-refractivity contribution in [2.75, 3.05) is 19.7 Å². The molecule has 1 atom stereocenters.